The summed E-state index contributed by atoms with van der Waals surface area (Å²) in [6, 6.07) is 45.4. The van der Waals surface area contributed by atoms with Gasteiger partial charge in [-0.2, -0.15) is 4.21 Å². The molecule has 0 spiro atoms. The van der Waals surface area contributed by atoms with Crippen LogP contribution in [0.4, 0.5) is 0 Å². The summed E-state index contributed by atoms with van der Waals surface area (Å²) < 4.78 is 34.5. The maximum atomic E-state index is 13.1. The van der Waals surface area contributed by atoms with E-state index < -0.39 is 10.1 Å². The second kappa shape index (κ2) is 18.4. The van der Waals surface area contributed by atoms with Gasteiger partial charge in [0.05, 0.1) is 4.90 Å². The molecule has 260 valence electrons. The van der Waals surface area contributed by atoms with Gasteiger partial charge in [0.1, 0.15) is 0 Å². The van der Waals surface area contributed by atoms with Gasteiger partial charge in [0, 0.05) is 58.7 Å². The zero-order valence-electron chi connectivity index (χ0n) is 27.7. The fourth-order valence-corrected chi connectivity index (χ4v) is 11.8. The summed E-state index contributed by atoms with van der Waals surface area (Å²) in [5, 5.41) is 0. The van der Waals surface area contributed by atoms with Crippen LogP contribution in [0.5, 0.6) is 0 Å². The Labute approximate surface area is 334 Å². The molecule has 0 aliphatic carbocycles. The fourth-order valence-electron chi connectivity index (χ4n) is 4.72. The summed E-state index contributed by atoms with van der Waals surface area (Å²) >= 11 is 12.9. The van der Waals surface area contributed by atoms with Crippen LogP contribution < -0.4 is 0 Å². The molecular weight excluding hydrogens is 805 g/mol. The van der Waals surface area contributed by atoms with Crippen LogP contribution in [-0.2, 0) is 10.1 Å². The Morgan fingerprint density at radius 3 is 1.00 bits per heavy atom. The van der Waals surface area contributed by atoms with E-state index in [4.69, 9.17) is 0 Å². The first-order valence-corrected chi connectivity index (χ1v) is 24.6. The lowest BCUT2D eigenvalue weighted by molar-refractivity contribution is 0.491. The van der Waals surface area contributed by atoms with Crippen LogP contribution in [-0.4, -0.2) is 31.7 Å². The molecule has 0 aromatic heterocycles. The summed E-state index contributed by atoms with van der Waals surface area (Å²) in [4.78, 5) is 13.2. The molecular formula is C39H33O3S9+. The van der Waals surface area contributed by atoms with E-state index in [1.807, 2.05) is 36.6 Å². The molecule has 12 heteroatoms. The van der Waals surface area contributed by atoms with Gasteiger partial charge in [-0.25, -0.2) is 4.55 Å². The van der Waals surface area contributed by atoms with E-state index in [2.05, 4.69) is 110 Å². The van der Waals surface area contributed by atoms with Crippen molar-refractivity contribution in [3.8, 4) is 0 Å². The summed E-state index contributed by atoms with van der Waals surface area (Å²) in [5.74, 6) is 0. The molecule has 0 fully saturated rings. The molecule has 6 aromatic rings. The van der Waals surface area contributed by atoms with Crippen molar-refractivity contribution in [3.05, 3.63) is 133 Å². The Hall–Kier alpha value is -1.97. The Kier molecular flexibility index (Phi) is 14.0. The highest BCUT2D eigenvalue weighted by Crippen LogP contribution is 2.46. The quantitative estimate of drug-likeness (QED) is 0.0652. The summed E-state index contributed by atoms with van der Waals surface area (Å²) in [7, 11) is -4.31. The lowest BCUT2D eigenvalue weighted by Crippen LogP contribution is -2.02. The van der Waals surface area contributed by atoms with Crippen LogP contribution in [0, 0.1) is 0 Å². The van der Waals surface area contributed by atoms with Gasteiger partial charge >= 0.3 is 10.1 Å². The van der Waals surface area contributed by atoms with Crippen molar-refractivity contribution in [1.29, 1.82) is 0 Å². The van der Waals surface area contributed by atoms with E-state index in [-0.39, 0.29) is 4.90 Å². The van der Waals surface area contributed by atoms with Crippen molar-refractivity contribution in [2.75, 3.05) is 18.8 Å². The van der Waals surface area contributed by atoms with Crippen LogP contribution >= 0.6 is 94.1 Å². The largest absolute Gasteiger partial charge is 0.436 e. The van der Waals surface area contributed by atoms with E-state index in [1.165, 1.54) is 50.0 Å². The van der Waals surface area contributed by atoms with Crippen molar-refractivity contribution in [2.45, 2.75) is 68.5 Å². The van der Waals surface area contributed by atoms with Gasteiger partial charge in [0.2, 0.25) is 0 Å². The molecule has 6 rings (SSSR count). The molecule has 6 aromatic carbocycles. The second-order valence-corrected chi connectivity index (χ2v) is 20.4. The van der Waals surface area contributed by atoms with Crippen LogP contribution in [0.1, 0.15) is 0 Å². The minimum absolute atomic E-state index is 0.00827. The third-order valence-corrected chi connectivity index (χ3v) is 15.9. The standard InChI is InChI=1S/C39H32O3S9/c1-43-26-4-10-29(11-5-26)46-31-16-20-34(21-17-31)49-37-24-36(48-33-14-8-28(45-3)9-15-33)25-38(51(40,41)42)39(37)50-35-22-18-32(19-23-35)47-30-12-6-27(44-2)7-13-30/h4-25H,1-3H3,(H,40,41,42)/p+1. The van der Waals surface area contributed by atoms with Gasteiger partial charge < -0.3 is 0 Å². The molecule has 51 heavy (non-hydrogen) atoms. The third-order valence-electron chi connectivity index (χ3n) is 7.26. The smallest absolute Gasteiger partial charge is 0.242 e. The molecule has 2 N–H and O–H groups in total. The second-order valence-electron chi connectivity index (χ2n) is 10.7. The maximum absolute atomic E-state index is 13.1. The van der Waals surface area contributed by atoms with Crippen LogP contribution in [0.3, 0.4) is 0 Å². The number of thioether (sulfide) groups is 3. The van der Waals surface area contributed by atoms with Gasteiger partial charge in [0.15, 0.2) is 4.90 Å². The number of rotatable bonds is 14. The van der Waals surface area contributed by atoms with E-state index >= 15 is 0 Å². The van der Waals surface area contributed by atoms with Crippen molar-refractivity contribution in [3.63, 3.8) is 0 Å². The van der Waals surface area contributed by atoms with E-state index in [0.717, 1.165) is 44.1 Å². The first-order chi connectivity index (χ1) is 24.7. The maximum Gasteiger partial charge on any atom is 0.436 e. The van der Waals surface area contributed by atoms with Gasteiger partial charge in [-0.05, 0) is 152 Å². The SMILES string of the molecule is CSc1ccc(Sc2ccc(Sc3cc(Sc4ccc(SC)cc4)cc(S(=O)(O)=[OH+])c3Sc3ccc(Sc4ccc(SC)cc4)cc3)cc2)cc1. The van der Waals surface area contributed by atoms with Crippen molar-refractivity contribution in [2.24, 2.45) is 0 Å². The van der Waals surface area contributed by atoms with Crippen LogP contribution in [0.15, 0.2) is 202 Å². The van der Waals surface area contributed by atoms with E-state index in [0.29, 0.717) is 4.90 Å². The average Bonchev–Trinajstić information content (AvgIpc) is 3.14. The Morgan fingerprint density at radius 1 is 0.412 bits per heavy atom. The topological polar surface area (TPSA) is 58.7 Å². The molecule has 1 atom stereocenters. The van der Waals surface area contributed by atoms with E-state index in [1.54, 1.807) is 64.9 Å². The van der Waals surface area contributed by atoms with Crippen LogP contribution in [0.2, 0.25) is 0 Å². The summed E-state index contributed by atoms with van der Waals surface area (Å²) in [6.45, 7) is 0. The lowest BCUT2D eigenvalue weighted by atomic mass is 10.3. The molecule has 0 amide bonds. The molecule has 0 aliphatic heterocycles. The highest BCUT2D eigenvalue weighted by molar-refractivity contribution is 8.03. The van der Waals surface area contributed by atoms with Gasteiger partial charge in [-0.1, -0.05) is 58.8 Å². The summed E-state index contributed by atoms with van der Waals surface area (Å²) in [6.07, 6.45) is 6.18. The number of hydrogen-bond donors (Lipinski definition) is 1. The first kappa shape index (κ1) is 38.7. The highest BCUT2D eigenvalue weighted by atomic mass is 32.2. The van der Waals surface area contributed by atoms with Gasteiger partial charge in [-0.15, -0.1) is 39.5 Å². The Morgan fingerprint density at radius 2 is 0.686 bits per heavy atom. The fraction of sp³-hybridized carbons (Fsp3) is 0.0769. The Bertz CT molecular complexity index is 2170. The van der Waals surface area contributed by atoms with E-state index in [9.17, 15) is 13.0 Å². The van der Waals surface area contributed by atoms with Crippen molar-refractivity contribution >= 4 is 104 Å². The number of benzene rings is 6. The zero-order valence-corrected chi connectivity index (χ0v) is 35.0. The van der Waals surface area contributed by atoms with Crippen molar-refractivity contribution in [1.82, 2.24) is 0 Å². The molecule has 0 heterocycles. The highest BCUT2D eigenvalue weighted by Gasteiger charge is 2.27. The summed E-state index contributed by atoms with van der Waals surface area (Å²) in [5.41, 5.74) is 0. The molecule has 0 aliphatic rings. The lowest BCUT2D eigenvalue weighted by Gasteiger charge is -2.15. The third kappa shape index (κ3) is 11.0. The molecule has 0 bridgehead atoms. The zero-order chi connectivity index (χ0) is 35.8. The van der Waals surface area contributed by atoms with Crippen LogP contribution in [0.25, 0.3) is 0 Å². The molecule has 3 nitrogen and oxygen atoms in total. The minimum atomic E-state index is -4.31. The number of hydrogen-bond acceptors (Lipinski definition) is 9. The predicted octanol–water partition coefficient (Wildman–Crippen LogP) is 14.0. The van der Waals surface area contributed by atoms with Gasteiger partial charge in [-0.3, -0.25) is 0 Å². The monoisotopic (exact) mass is 837 g/mol. The van der Waals surface area contributed by atoms with Gasteiger partial charge in [0.25, 0.3) is 0 Å². The predicted molar refractivity (Wildman–Crippen MR) is 226 cm³/mol. The average molecular weight is 838 g/mol. The minimum Gasteiger partial charge on any atom is -0.242 e. The Balaban J connectivity index is 1.30. The van der Waals surface area contributed by atoms with Crippen molar-refractivity contribution < 1.29 is 13.0 Å². The molecule has 0 radical (unpaired) electrons. The molecule has 1 unspecified atom stereocenters. The first-order valence-electron chi connectivity index (χ1n) is 15.4. The molecule has 0 saturated heterocycles. The normalized spacial score (nSPS) is 12.5. The molecule has 0 saturated carbocycles.